The van der Waals surface area contributed by atoms with Crippen molar-refractivity contribution in [3.05, 3.63) is 40.4 Å². The third-order valence-electron chi connectivity index (χ3n) is 4.01. The number of nitrogens with one attached hydrogen (secondary N) is 2. The van der Waals surface area contributed by atoms with Crippen molar-refractivity contribution in [3.63, 3.8) is 0 Å². The van der Waals surface area contributed by atoms with Crippen LogP contribution in [0.15, 0.2) is 18.3 Å². The molecule has 3 heterocycles. The highest BCUT2D eigenvalue weighted by Crippen LogP contribution is 2.36. The van der Waals surface area contributed by atoms with Gasteiger partial charge in [0.1, 0.15) is 11.0 Å². The van der Waals surface area contributed by atoms with Crippen LogP contribution in [-0.4, -0.2) is 42.6 Å². The highest BCUT2D eigenvalue weighted by atomic mass is 35.5. The molecule has 0 aliphatic carbocycles. The Morgan fingerprint density at radius 1 is 1.25 bits per heavy atom. The van der Waals surface area contributed by atoms with E-state index in [2.05, 4.69) is 35.9 Å². The van der Waals surface area contributed by atoms with Gasteiger partial charge in [0.25, 0.3) is 0 Å². The Morgan fingerprint density at radius 3 is 2.66 bits per heavy atom. The van der Waals surface area contributed by atoms with Crippen molar-refractivity contribution >= 4 is 23.4 Å². The maximum Gasteiger partial charge on any atom is 0.435 e. The first-order chi connectivity index (χ1) is 15.1. The maximum absolute atomic E-state index is 13.2. The molecule has 0 unspecified atom stereocenters. The van der Waals surface area contributed by atoms with Crippen molar-refractivity contribution in [2.24, 2.45) is 7.05 Å². The van der Waals surface area contributed by atoms with Crippen LogP contribution in [0.4, 0.5) is 23.8 Å². The summed E-state index contributed by atoms with van der Waals surface area (Å²) in [5, 5.41) is 16.4. The molecule has 0 radical (unpaired) electrons. The molecule has 0 saturated heterocycles. The van der Waals surface area contributed by atoms with Crippen molar-refractivity contribution in [1.29, 1.82) is 0 Å². The first-order valence-electron chi connectivity index (χ1n) is 9.23. The van der Waals surface area contributed by atoms with Gasteiger partial charge in [0.15, 0.2) is 5.69 Å². The average molecular weight is 471 g/mol. The van der Waals surface area contributed by atoms with Gasteiger partial charge in [-0.3, -0.25) is 10.00 Å². The molecule has 10 nitrogen and oxygen atoms in total. The minimum Gasteiger partial charge on any atom is -0.464 e. The first kappa shape index (κ1) is 23.2. The number of halogens is 4. The van der Waals surface area contributed by atoms with E-state index in [-0.39, 0.29) is 34.8 Å². The molecular weight excluding hydrogens is 453 g/mol. The molecule has 14 heteroatoms. The van der Waals surface area contributed by atoms with Gasteiger partial charge in [0, 0.05) is 19.3 Å². The van der Waals surface area contributed by atoms with Gasteiger partial charge in [0.2, 0.25) is 0 Å². The minimum absolute atomic E-state index is 0.0148. The molecule has 170 valence electrons. The SMILES string of the molecule is CCOc1nc(Cl)cc(NC(=O)NCc2cc(C)c(-c3cn(C)nc3C(F)(F)F)nn2)n1. The van der Waals surface area contributed by atoms with Crippen molar-refractivity contribution in [2.75, 3.05) is 11.9 Å². The summed E-state index contributed by atoms with van der Waals surface area (Å²) in [4.78, 5) is 20.0. The van der Waals surface area contributed by atoms with Gasteiger partial charge in [-0.2, -0.15) is 33.3 Å². The highest BCUT2D eigenvalue weighted by molar-refractivity contribution is 6.29. The second-order valence-corrected chi connectivity index (χ2v) is 6.92. The van der Waals surface area contributed by atoms with Crippen LogP contribution in [0.2, 0.25) is 5.15 Å². The van der Waals surface area contributed by atoms with E-state index in [0.717, 1.165) is 4.68 Å². The molecule has 32 heavy (non-hydrogen) atoms. The number of hydrogen-bond acceptors (Lipinski definition) is 7. The van der Waals surface area contributed by atoms with E-state index in [1.165, 1.54) is 25.4 Å². The van der Waals surface area contributed by atoms with Crippen molar-refractivity contribution < 1.29 is 22.7 Å². The number of hydrogen-bond donors (Lipinski definition) is 2. The average Bonchev–Trinajstić information content (AvgIpc) is 3.08. The molecule has 0 saturated carbocycles. The van der Waals surface area contributed by atoms with Crippen LogP contribution >= 0.6 is 11.6 Å². The van der Waals surface area contributed by atoms with Gasteiger partial charge < -0.3 is 10.1 Å². The van der Waals surface area contributed by atoms with Crippen molar-refractivity contribution in [2.45, 2.75) is 26.6 Å². The summed E-state index contributed by atoms with van der Waals surface area (Å²) in [6.07, 6.45) is -3.40. The minimum atomic E-state index is -4.63. The third-order valence-corrected chi connectivity index (χ3v) is 4.20. The number of anilines is 1. The molecule has 0 fully saturated rings. The smallest absolute Gasteiger partial charge is 0.435 e. The van der Waals surface area contributed by atoms with Crippen LogP contribution in [0.1, 0.15) is 23.9 Å². The van der Waals surface area contributed by atoms with Crippen molar-refractivity contribution in [3.8, 4) is 17.3 Å². The largest absolute Gasteiger partial charge is 0.464 e. The number of urea groups is 1. The van der Waals surface area contributed by atoms with Crippen LogP contribution in [0.3, 0.4) is 0 Å². The van der Waals surface area contributed by atoms with Gasteiger partial charge in [-0.05, 0) is 25.5 Å². The molecule has 3 aromatic rings. The molecule has 0 bridgehead atoms. The molecule has 2 N–H and O–H groups in total. The van der Waals surface area contributed by atoms with Gasteiger partial charge >= 0.3 is 18.2 Å². The van der Waals surface area contributed by atoms with E-state index in [9.17, 15) is 18.0 Å². The van der Waals surface area contributed by atoms with E-state index in [1.54, 1.807) is 13.8 Å². The molecular formula is C18H18ClF3N8O2. The van der Waals surface area contributed by atoms with E-state index in [1.807, 2.05) is 0 Å². The molecule has 0 atom stereocenters. The first-order valence-corrected chi connectivity index (χ1v) is 9.61. The number of ether oxygens (including phenoxy) is 1. The summed E-state index contributed by atoms with van der Waals surface area (Å²) in [6.45, 7) is 3.63. The normalized spacial score (nSPS) is 11.3. The van der Waals surface area contributed by atoms with E-state index in [0.29, 0.717) is 17.9 Å². The maximum atomic E-state index is 13.2. The van der Waals surface area contributed by atoms with Crippen LogP contribution < -0.4 is 15.4 Å². The monoisotopic (exact) mass is 470 g/mol. The van der Waals surface area contributed by atoms with Gasteiger partial charge in [-0.1, -0.05) is 11.6 Å². The number of carbonyl (C=O) groups is 1. The zero-order chi connectivity index (χ0) is 23.5. The number of nitrogens with zero attached hydrogens (tertiary/aromatic N) is 6. The predicted octanol–water partition coefficient (Wildman–Crippen LogP) is 3.37. The van der Waals surface area contributed by atoms with Gasteiger partial charge in [-0.25, -0.2) is 4.79 Å². The summed E-state index contributed by atoms with van der Waals surface area (Å²) < 4.78 is 45.9. The zero-order valence-electron chi connectivity index (χ0n) is 17.2. The Morgan fingerprint density at radius 2 is 2.00 bits per heavy atom. The third kappa shape index (κ3) is 5.60. The zero-order valence-corrected chi connectivity index (χ0v) is 17.9. The van der Waals surface area contributed by atoms with Gasteiger partial charge in [-0.15, -0.1) is 5.10 Å². The summed E-state index contributed by atoms with van der Waals surface area (Å²) in [6, 6.07) is 2.28. The summed E-state index contributed by atoms with van der Waals surface area (Å²) in [5.41, 5.74) is -0.377. The van der Waals surface area contributed by atoms with E-state index < -0.39 is 17.9 Å². The molecule has 2 amide bonds. The van der Waals surface area contributed by atoms with E-state index >= 15 is 0 Å². The standard InChI is InChI=1S/C18H18ClF3N8O2/c1-4-32-17-24-12(19)6-13(26-17)25-16(31)23-7-10-5-9(2)14(28-27-10)11-8-30(3)29-15(11)18(20,21)22/h5-6,8H,4,7H2,1-3H3,(H2,23,24,25,26,31). The lowest BCUT2D eigenvalue weighted by Gasteiger charge is -2.10. The summed E-state index contributed by atoms with van der Waals surface area (Å²) >= 11 is 5.87. The Bertz CT molecular complexity index is 1140. The second kappa shape index (κ2) is 9.34. The van der Waals surface area contributed by atoms with Gasteiger partial charge in [0.05, 0.1) is 30.1 Å². The summed E-state index contributed by atoms with van der Waals surface area (Å²) in [5.74, 6) is 0.125. The summed E-state index contributed by atoms with van der Waals surface area (Å²) in [7, 11) is 1.39. The topological polar surface area (TPSA) is 120 Å². The lowest BCUT2D eigenvalue weighted by molar-refractivity contribution is -0.141. The Hall–Kier alpha value is -3.48. The Balaban J connectivity index is 1.69. The predicted molar refractivity (Wildman–Crippen MR) is 108 cm³/mol. The number of aryl methyl sites for hydroxylation is 2. The lowest BCUT2D eigenvalue weighted by atomic mass is 10.1. The van der Waals surface area contributed by atoms with Crippen LogP contribution in [0.5, 0.6) is 6.01 Å². The van der Waals surface area contributed by atoms with Crippen molar-refractivity contribution in [1.82, 2.24) is 35.3 Å². The fourth-order valence-electron chi connectivity index (χ4n) is 2.75. The number of carbonyl (C=O) groups excluding carboxylic acids is 1. The number of rotatable bonds is 6. The van der Waals surface area contributed by atoms with Crippen LogP contribution in [0, 0.1) is 6.92 Å². The highest BCUT2D eigenvalue weighted by Gasteiger charge is 2.38. The number of aromatic nitrogens is 6. The Kier molecular flexibility index (Phi) is 6.77. The molecule has 3 aromatic heterocycles. The van der Waals surface area contributed by atoms with Crippen LogP contribution in [-0.2, 0) is 19.8 Å². The van der Waals surface area contributed by atoms with E-state index in [4.69, 9.17) is 16.3 Å². The van der Waals surface area contributed by atoms with Crippen LogP contribution in [0.25, 0.3) is 11.3 Å². The molecule has 0 spiro atoms. The fourth-order valence-corrected chi connectivity index (χ4v) is 2.93. The quantitative estimate of drug-likeness (QED) is 0.530. The molecule has 0 aliphatic heterocycles. The number of amides is 2. The second-order valence-electron chi connectivity index (χ2n) is 6.53. The Labute approximate surface area is 185 Å². The lowest BCUT2D eigenvalue weighted by Crippen LogP contribution is -2.29. The molecule has 3 rings (SSSR count). The molecule has 0 aliphatic rings. The fraction of sp³-hybridized carbons (Fsp3) is 0.333. The number of alkyl halides is 3. The molecule has 0 aromatic carbocycles.